The topological polar surface area (TPSA) is 83.9 Å². The van der Waals surface area contributed by atoms with Gasteiger partial charge in [0.2, 0.25) is 5.91 Å². The molecular weight excluding hydrogens is 366 g/mol. The molecule has 2 heterocycles. The molecule has 4 rings (SSSR count). The van der Waals surface area contributed by atoms with Gasteiger partial charge in [-0.3, -0.25) is 9.59 Å². The number of amides is 1. The number of hydrogen-bond donors (Lipinski definition) is 1. The maximum Gasteiger partial charge on any atom is 0.275 e. The van der Waals surface area contributed by atoms with Crippen LogP contribution >= 0.6 is 0 Å². The minimum Gasteiger partial charge on any atom is -0.344 e. The lowest BCUT2D eigenvalue weighted by Gasteiger charge is -2.17. The molecule has 4 aromatic rings. The first kappa shape index (κ1) is 18.9. The van der Waals surface area contributed by atoms with E-state index in [0.29, 0.717) is 11.9 Å². The molecule has 0 atom stereocenters. The van der Waals surface area contributed by atoms with Crippen LogP contribution in [0.3, 0.4) is 0 Å². The summed E-state index contributed by atoms with van der Waals surface area (Å²) in [6, 6.07) is 15.2. The molecule has 0 aliphatic heterocycles. The van der Waals surface area contributed by atoms with Crippen LogP contribution in [0.5, 0.6) is 0 Å². The third-order valence-corrected chi connectivity index (χ3v) is 5.11. The van der Waals surface area contributed by atoms with E-state index in [1.54, 1.807) is 18.0 Å². The molecule has 7 nitrogen and oxygen atoms in total. The van der Waals surface area contributed by atoms with Gasteiger partial charge in [-0.15, -0.1) is 0 Å². The molecular formula is C22H23N5O2. The molecule has 1 N–H and O–H groups in total. The van der Waals surface area contributed by atoms with E-state index in [1.165, 1.54) is 4.68 Å². The highest BCUT2D eigenvalue weighted by atomic mass is 16.2. The molecule has 0 saturated heterocycles. The SMILES string of the molecule is Cc1nn(CC(=O)N(C)CCCc2nc3ccccc3[nH]2)c(=O)c2ccccc12. The first-order valence-electron chi connectivity index (χ1n) is 9.67. The maximum atomic E-state index is 12.6. The van der Waals surface area contributed by atoms with Crippen LogP contribution < -0.4 is 5.56 Å². The zero-order valence-corrected chi connectivity index (χ0v) is 16.6. The molecule has 0 saturated carbocycles. The van der Waals surface area contributed by atoms with Crippen molar-refractivity contribution in [1.29, 1.82) is 0 Å². The van der Waals surface area contributed by atoms with Gasteiger partial charge in [-0.1, -0.05) is 30.3 Å². The highest BCUT2D eigenvalue weighted by Gasteiger charge is 2.14. The standard InChI is InChI=1S/C22H23N5O2/c1-15-16-8-3-4-9-17(16)22(29)27(25-15)14-21(28)26(2)13-7-12-20-23-18-10-5-6-11-19(18)24-20/h3-6,8-11H,7,12-14H2,1-2H3,(H,23,24). The van der Waals surface area contributed by atoms with E-state index in [2.05, 4.69) is 15.1 Å². The summed E-state index contributed by atoms with van der Waals surface area (Å²) in [6.45, 7) is 2.36. The summed E-state index contributed by atoms with van der Waals surface area (Å²) in [5.41, 5.74) is 2.46. The van der Waals surface area contributed by atoms with Crippen molar-refractivity contribution >= 4 is 27.7 Å². The molecule has 0 unspecified atom stereocenters. The fourth-order valence-electron chi connectivity index (χ4n) is 3.49. The molecule has 0 aliphatic carbocycles. The lowest BCUT2D eigenvalue weighted by Crippen LogP contribution is -2.36. The van der Waals surface area contributed by atoms with Crippen molar-refractivity contribution in [2.24, 2.45) is 0 Å². The fraction of sp³-hybridized carbons (Fsp3) is 0.273. The Balaban J connectivity index is 1.39. The van der Waals surface area contributed by atoms with E-state index < -0.39 is 0 Å². The van der Waals surface area contributed by atoms with Gasteiger partial charge in [0.05, 0.1) is 22.1 Å². The predicted molar refractivity (Wildman–Crippen MR) is 113 cm³/mol. The minimum atomic E-state index is -0.241. The Morgan fingerprint density at radius 2 is 1.83 bits per heavy atom. The van der Waals surface area contributed by atoms with Crippen molar-refractivity contribution in [2.45, 2.75) is 26.3 Å². The quantitative estimate of drug-likeness (QED) is 0.550. The second-order valence-electron chi connectivity index (χ2n) is 7.21. The molecule has 0 fully saturated rings. The number of hydrogen-bond acceptors (Lipinski definition) is 4. The van der Waals surface area contributed by atoms with Crippen molar-refractivity contribution < 1.29 is 4.79 Å². The van der Waals surface area contributed by atoms with Crippen molar-refractivity contribution in [3.8, 4) is 0 Å². The number of nitrogens with zero attached hydrogens (tertiary/aromatic N) is 4. The molecule has 0 bridgehead atoms. The third-order valence-electron chi connectivity index (χ3n) is 5.11. The summed E-state index contributed by atoms with van der Waals surface area (Å²) >= 11 is 0. The average Bonchev–Trinajstić information content (AvgIpc) is 3.14. The van der Waals surface area contributed by atoms with Crippen LogP contribution in [0, 0.1) is 6.92 Å². The lowest BCUT2D eigenvalue weighted by molar-refractivity contribution is -0.130. The maximum absolute atomic E-state index is 12.6. The van der Waals surface area contributed by atoms with Gasteiger partial charge >= 0.3 is 0 Å². The number of aromatic amines is 1. The monoisotopic (exact) mass is 389 g/mol. The number of carbonyl (C=O) groups is 1. The number of imidazole rings is 1. The summed E-state index contributed by atoms with van der Waals surface area (Å²) in [5.74, 6) is 0.772. The second-order valence-corrected chi connectivity index (χ2v) is 7.21. The van der Waals surface area contributed by atoms with Crippen molar-refractivity contribution in [2.75, 3.05) is 13.6 Å². The third kappa shape index (κ3) is 3.89. The zero-order chi connectivity index (χ0) is 20.4. The summed E-state index contributed by atoms with van der Waals surface area (Å²) in [6.07, 6.45) is 1.53. The Morgan fingerprint density at radius 3 is 2.62 bits per heavy atom. The minimum absolute atomic E-state index is 0.0638. The molecule has 29 heavy (non-hydrogen) atoms. The average molecular weight is 389 g/mol. The van der Waals surface area contributed by atoms with E-state index in [9.17, 15) is 9.59 Å². The Bertz CT molecular complexity index is 1210. The van der Waals surface area contributed by atoms with Gasteiger partial charge in [0.15, 0.2) is 0 Å². The molecule has 2 aromatic carbocycles. The highest BCUT2D eigenvalue weighted by molar-refractivity contribution is 5.83. The van der Waals surface area contributed by atoms with Gasteiger partial charge in [-0.05, 0) is 31.5 Å². The number of rotatable bonds is 6. The van der Waals surface area contributed by atoms with Crippen LogP contribution in [0.15, 0.2) is 53.3 Å². The van der Waals surface area contributed by atoms with Gasteiger partial charge in [-0.25, -0.2) is 9.67 Å². The van der Waals surface area contributed by atoms with Crippen LogP contribution in [0.2, 0.25) is 0 Å². The van der Waals surface area contributed by atoms with Gasteiger partial charge in [0.25, 0.3) is 5.56 Å². The Hall–Kier alpha value is -3.48. The Morgan fingerprint density at radius 1 is 1.10 bits per heavy atom. The Kier molecular flexibility index (Phi) is 5.12. The smallest absolute Gasteiger partial charge is 0.275 e. The molecule has 0 radical (unpaired) electrons. The first-order chi connectivity index (χ1) is 14.0. The summed E-state index contributed by atoms with van der Waals surface area (Å²) in [4.78, 5) is 34.7. The summed E-state index contributed by atoms with van der Waals surface area (Å²) < 4.78 is 1.26. The van der Waals surface area contributed by atoms with E-state index in [-0.39, 0.29) is 18.0 Å². The van der Waals surface area contributed by atoms with E-state index in [0.717, 1.165) is 40.8 Å². The first-order valence-corrected chi connectivity index (χ1v) is 9.67. The summed E-state index contributed by atoms with van der Waals surface area (Å²) in [5, 5.41) is 5.72. The van der Waals surface area contributed by atoms with Crippen molar-refractivity contribution in [3.63, 3.8) is 0 Å². The normalized spacial score (nSPS) is 11.2. The zero-order valence-electron chi connectivity index (χ0n) is 16.6. The highest BCUT2D eigenvalue weighted by Crippen LogP contribution is 2.13. The Labute approximate surface area is 168 Å². The van der Waals surface area contributed by atoms with Crippen molar-refractivity contribution in [3.05, 3.63) is 70.4 Å². The number of H-pyrrole nitrogens is 1. The van der Waals surface area contributed by atoms with Crippen LogP contribution in [0.1, 0.15) is 17.9 Å². The van der Waals surface area contributed by atoms with Gasteiger partial charge < -0.3 is 9.88 Å². The predicted octanol–water partition coefficient (Wildman–Crippen LogP) is 2.67. The van der Waals surface area contributed by atoms with Gasteiger partial charge in [0, 0.05) is 25.4 Å². The van der Waals surface area contributed by atoms with Crippen molar-refractivity contribution in [1.82, 2.24) is 24.6 Å². The molecule has 2 aromatic heterocycles. The molecule has 7 heteroatoms. The number of fused-ring (bicyclic) bond motifs is 2. The summed E-state index contributed by atoms with van der Waals surface area (Å²) in [7, 11) is 1.75. The number of likely N-dealkylation sites (N-methyl/N-ethyl adjacent to an activating group) is 1. The number of aryl methyl sites for hydroxylation is 2. The van der Waals surface area contributed by atoms with Gasteiger partial charge in [-0.2, -0.15) is 5.10 Å². The number of benzene rings is 2. The number of para-hydroxylation sites is 2. The number of nitrogens with one attached hydrogen (secondary N) is 1. The number of aromatic nitrogens is 4. The fourth-order valence-corrected chi connectivity index (χ4v) is 3.49. The van der Waals surface area contributed by atoms with Crippen LogP contribution in [-0.2, 0) is 17.8 Å². The lowest BCUT2D eigenvalue weighted by atomic mass is 10.1. The van der Waals surface area contributed by atoms with Crippen LogP contribution in [0.4, 0.5) is 0 Å². The molecule has 0 aliphatic rings. The molecule has 1 amide bonds. The van der Waals surface area contributed by atoms with Crippen LogP contribution in [0.25, 0.3) is 21.8 Å². The van der Waals surface area contributed by atoms with E-state index in [1.807, 2.05) is 49.4 Å². The van der Waals surface area contributed by atoms with E-state index >= 15 is 0 Å². The van der Waals surface area contributed by atoms with Gasteiger partial charge in [0.1, 0.15) is 12.4 Å². The number of carbonyl (C=O) groups excluding carboxylic acids is 1. The second kappa shape index (κ2) is 7.87. The molecule has 0 spiro atoms. The largest absolute Gasteiger partial charge is 0.344 e. The van der Waals surface area contributed by atoms with E-state index in [4.69, 9.17) is 0 Å². The molecule has 148 valence electrons. The van der Waals surface area contributed by atoms with Crippen LogP contribution in [-0.4, -0.2) is 44.1 Å².